The number of aromatic nitrogens is 1. The van der Waals surface area contributed by atoms with Crippen molar-refractivity contribution in [3.8, 4) is 11.8 Å². The molecule has 0 spiro atoms. The molecule has 0 aliphatic carbocycles. The highest BCUT2D eigenvalue weighted by Gasteiger charge is 2.15. The molecule has 0 fully saturated rings. The molecule has 0 unspecified atom stereocenters. The number of amides is 1. The molecule has 1 aromatic rings. The molecule has 4 heteroatoms. The fraction of sp³-hybridized carbons (Fsp3) is 0.529. The third-order valence-electron chi connectivity index (χ3n) is 3.17. The number of rotatable bonds is 7. The Morgan fingerprint density at radius 2 is 1.90 bits per heavy atom. The highest BCUT2D eigenvalue weighted by Crippen LogP contribution is 2.07. The van der Waals surface area contributed by atoms with Crippen LogP contribution < -0.4 is 5.73 Å². The van der Waals surface area contributed by atoms with Gasteiger partial charge in [0, 0.05) is 24.8 Å². The zero-order valence-corrected chi connectivity index (χ0v) is 13.1. The summed E-state index contributed by atoms with van der Waals surface area (Å²) < 4.78 is 0. The molecule has 1 aromatic heterocycles. The fourth-order valence-corrected chi connectivity index (χ4v) is 1.92. The normalized spacial score (nSPS) is 9.86. The number of pyridine rings is 1. The Labute approximate surface area is 127 Å². The Balaban J connectivity index is 2.77. The second-order valence-electron chi connectivity index (χ2n) is 4.94. The van der Waals surface area contributed by atoms with Crippen LogP contribution in [-0.2, 0) is 0 Å². The quantitative estimate of drug-likeness (QED) is 0.784. The summed E-state index contributed by atoms with van der Waals surface area (Å²) in [5, 5.41) is 0. The third-order valence-corrected chi connectivity index (χ3v) is 3.17. The Morgan fingerprint density at radius 3 is 2.38 bits per heavy atom. The SMILES string of the molecule is CCCCN(CCCC)C(=O)c1ccc(C#CCN)cn1. The van der Waals surface area contributed by atoms with Crippen LogP contribution in [0.2, 0.25) is 0 Å². The first-order chi connectivity index (χ1) is 10.2. The van der Waals surface area contributed by atoms with Gasteiger partial charge in [0.25, 0.3) is 5.91 Å². The second-order valence-corrected chi connectivity index (χ2v) is 4.94. The number of unbranched alkanes of at least 4 members (excludes halogenated alkanes) is 2. The molecule has 4 nitrogen and oxygen atoms in total. The van der Waals surface area contributed by atoms with E-state index in [4.69, 9.17) is 5.73 Å². The van der Waals surface area contributed by atoms with Gasteiger partial charge in [-0.15, -0.1) is 0 Å². The molecule has 0 atom stereocenters. The molecule has 0 aliphatic rings. The summed E-state index contributed by atoms with van der Waals surface area (Å²) in [6.45, 7) is 6.18. The molecule has 1 rings (SSSR count). The van der Waals surface area contributed by atoms with Gasteiger partial charge in [0.05, 0.1) is 6.54 Å². The predicted octanol–water partition coefficient (Wildman–Crippen LogP) is 2.43. The minimum Gasteiger partial charge on any atom is -0.337 e. The predicted molar refractivity (Wildman–Crippen MR) is 85.9 cm³/mol. The van der Waals surface area contributed by atoms with Crippen molar-refractivity contribution < 1.29 is 4.79 Å². The first kappa shape index (κ1) is 17.2. The molecule has 2 N–H and O–H groups in total. The maximum Gasteiger partial charge on any atom is 0.272 e. The number of hydrogen-bond donors (Lipinski definition) is 1. The Bertz CT molecular complexity index is 477. The Morgan fingerprint density at radius 1 is 1.24 bits per heavy atom. The maximum atomic E-state index is 12.5. The van der Waals surface area contributed by atoms with E-state index in [1.807, 2.05) is 11.0 Å². The molecule has 21 heavy (non-hydrogen) atoms. The van der Waals surface area contributed by atoms with Gasteiger partial charge in [-0.3, -0.25) is 4.79 Å². The van der Waals surface area contributed by atoms with Crippen molar-refractivity contribution in [1.82, 2.24) is 9.88 Å². The van der Waals surface area contributed by atoms with Crippen molar-refractivity contribution in [2.75, 3.05) is 19.6 Å². The van der Waals surface area contributed by atoms with Crippen molar-refractivity contribution in [3.63, 3.8) is 0 Å². The average Bonchev–Trinajstić information content (AvgIpc) is 2.53. The van der Waals surface area contributed by atoms with Gasteiger partial charge in [-0.1, -0.05) is 38.5 Å². The molecule has 0 saturated carbocycles. The van der Waals surface area contributed by atoms with Crippen LogP contribution in [0.15, 0.2) is 18.3 Å². The van der Waals surface area contributed by atoms with Crippen LogP contribution in [0.4, 0.5) is 0 Å². The van der Waals surface area contributed by atoms with E-state index in [1.54, 1.807) is 12.3 Å². The molecule has 0 bridgehead atoms. The van der Waals surface area contributed by atoms with Crippen molar-refractivity contribution >= 4 is 5.91 Å². The van der Waals surface area contributed by atoms with Crippen LogP contribution >= 0.6 is 0 Å². The minimum absolute atomic E-state index is 0.00948. The first-order valence-electron chi connectivity index (χ1n) is 7.67. The van der Waals surface area contributed by atoms with E-state index in [2.05, 4.69) is 30.7 Å². The number of carbonyl (C=O) groups is 1. The zero-order valence-electron chi connectivity index (χ0n) is 13.1. The van der Waals surface area contributed by atoms with Gasteiger partial charge in [-0.2, -0.15) is 0 Å². The standard InChI is InChI=1S/C17H25N3O/c1-3-5-12-20(13-6-4-2)17(21)16-10-9-15(14-19-16)8-7-11-18/h9-10,14H,3-6,11-13,18H2,1-2H3. The highest BCUT2D eigenvalue weighted by molar-refractivity contribution is 5.92. The van der Waals surface area contributed by atoms with Crippen LogP contribution in [-0.4, -0.2) is 35.4 Å². The minimum atomic E-state index is 0.00948. The Hall–Kier alpha value is -1.86. The van der Waals surface area contributed by atoms with Crippen LogP contribution in [0.1, 0.15) is 55.6 Å². The molecule has 0 aromatic carbocycles. The summed E-state index contributed by atoms with van der Waals surface area (Å²) in [5.41, 5.74) is 6.60. The third kappa shape index (κ3) is 5.97. The smallest absolute Gasteiger partial charge is 0.272 e. The number of nitrogens with zero attached hydrogens (tertiary/aromatic N) is 2. The summed E-state index contributed by atoms with van der Waals surface area (Å²) >= 11 is 0. The van der Waals surface area contributed by atoms with Gasteiger partial charge >= 0.3 is 0 Å². The zero-order chi connectivity index (χ0) is 15.5. The lowest BCUT2D eigenvalue weighted by molar-refractivity contribution is 0.0745. The molecule has 1 heterocycles. The van der Waals surface area contributed by atoms with Gasteiger partial charge < -0.3 is 10.6 Å². The Kier molecular flexibility index (Phi) is 8.15. The fourth-order valence-electron chi connectivity index (χ4n) is 1.92. The van der Waals surface area contributed by atoms with Gasteiger partial charge in [0.1, 0.15) is 5.69 Å². The summed E-state index contributed by atoms with van der Waals surface area (Å²) in [6, 6.07) is 3.56. The number of nitrogens with two attached hydrogens (primary N) is 1. The lowest BCUT2D eigenvalue weighted by atomic mass is 10.2. The van der Waals surface area contributed by atoms with Crippen LogP contribution in [0, 0.1) is 11.8 Å². The molecule has 0 radical (unpaired) electrons. The summed E-state index contributed by atoms with van der Waals surface area (Å²) in [5.74, 6) is 5.69. The van der Waals surface area contributed by atoms with Gasteiger partial charge in [0.15, 0.2) is 0 Å². The van der Waals surface area contributed by atoms with E-state index in [9.17, 15) is 4.79 Å². The van der Waals surface area contributed by atoms with Crippen molar-refractivity contribution in [1.29, 1.82) is 0 Å². The van der Waals surface area contributed by atoms with Crippen molar-refractivity contribution in [3.05, 3.63) is 29.6 Å². The number of carbonyl (C=O) groups excluding carboxylic acids is 1. The van der Waals surface area contributed by atoms with E-state index in [0.717, 1.165) is 44.3 Å². The van der Waals surface area contributed by atoms with E-state index in [-0.39, 0.29) is 5.91 Å². The summed E-state index contributed by atoms with van der Waals surface area (Å²) in [4.78, 5) is 18.6. The van der Waals surface area contributed by atoms with Crippen molar-refractivity contribution in [2.45, 2.75) is 39.5 Å². The van der Waals surface area contributed by atoms with Crippen LogP contribution in [0.3, 0.4) is 0 Å². The molecule has 0 aliphatic heterocycles. The lowest BCUT2D eigenvalue weighted by Crippen LogP contribution is -2.33. The maximum absolute atomic E-state index is 12.5. The topological polar surface area (TPSA) is 59.2 Å². The van der Waals surface area contributed by atoms with E-state index >= 15 is 0 Å². The second kappa shape index (κ2) is 9.95. The molecule has 1 amide bonds. The number of hydrogen-bond acceptors (Lipinski definition) is 3. The molecule has 114 valence electrons. The largest absolute Gasteiger partial charge is 0.337 e. The molecule has 0 saturated heterocycles. The van der Waals surface area contributed by atoms with E-state index < -0.39 is 0 Å². The van der Waals surface area contributed by atoms with Gasteiger partial charge in [0.2, 0.25) is 0 Å². The average molecular weight is 287 g/mol. The summed E-state index contributed by atoms with van der Waals surface area (Å²) in [6.07, 6.45) is 5.84. The summed E-state index contributed by atoms with van der Waals surface area (Å²) in [7, 11) is 0. The van der Waals surface area contributed by atoms with Crippen LogP contribution in [0.5, 0.6) is 0 Å². The van der Waals surface area contributed by atoms with Crippen LogP contribution in [0.25, 0.3) is 0 Å². The lowest BCUT2D eigenvalue weighted by Gasteiger charge is -2.22. The monoisotopic (exact) mass is 287 g/mol. The van der Waals surface area contributed by atoms with Gasteiger partial charge in [-0.25, -0.2) is 4.98 Å². The first-order valence-corrected chi connectivity index (χ1v) is 7.67. The van der Waals surface area contributed by atoms with Gasteiger partial charge in [-0.05, 0) is 25.0 Å². The molecular weight excluding hydrogens is 262 g/mol. The highest BCUT2D eigenvalue weighted by atomic mass is 16.2. The van der Waals surface area contributed by atoms with E-state index in [0.29, 0.717) is 12.2 Å². The van der Waals surface area contributed by atoms with E-state index in [1.165, 1.54) is 0 Å². The van der Waals surface area contributed by atoms with Crippen molar-refractivity contribution in [2.24, 2.45) is 5.73 Å². The molecular formula is C17H25N3O.